The van der Waals surface area contributed by atoms with Gasteiger partial charge in [0.1, 0.15) is 6.54 Å². The molecule has 4 rings (SSSR count). The number of amides is 2. The molecule has 0 saturated carbocycles. The van der Waals surface area contributed by atoms with E-state index in [0.29, 0.717) is 23.7 Å². The minimum Gasteiger partial charge on any atom is -0.368 e. The smallest absolute Gasteiger partial charge is 0.254 e. The number of carbonyl (C=O) groups is 2. The molecule has 0 radical (unpaired) electrons. The standard InChI is InChI=1S/C19H20N6O3/c1-2-17-23-18(24-28-17)12-3-5-14-11(7-12)4-6-15(14)22-19(27)13-8-21-25(9-13)10-16(20)26/h3,5,7-9,15H,2,4,6,10H2,1H3,(H2,20,26)(H,22,27). The Labute approximate surface area is 160 Å². The Hall–Kier alpha value is -3.49. The van der Waals surface area contributed by atoms with Gasteiger partial charge in [0, 0.05) is 18.2 Å². The van der Waals surface area contributed by atoms with Crippen LogP contribution in [0.4, 0.5) is 0 Å². The molecule has 0 aliphatic heterocycles. The molecule has 0 saturated heterocycles. The fraction of sp³-hybridized carbons (Fsp3) is 0.316. The molecule has 3 N–H and O–H groups in total. The average molecular weight is 380 g/mol. The van der Waals surface area contributed by atoms with Crippen LogP contribution in [0.3, 0.4) is 0 Å². The van der Waals surface area contributed by atoms with Crippen LogP contribution in [0.2, 0.25) is 0 Å². The summed E-state index contributed by atoms with van der Waals surface area (Å²) in [7, 11) is 0. The molecule has 9 nitrogen and oxygen atoms in total. The Morgan fingerprint density at radius 1 is 1.39 bits per heavy atom. The van der Waals surface area contributed by atoms with Gasteiger partial charge in [-0.05, 0) is 30.0 Å². The van der Waals surface area contributed by atoms with E-state index < -0.39 is 5.91 Å². The van der Waals surface area contributed by atoms with Gasteiger partial charge in [-0.2, -0.15) is 10.1 Å². The zero-order chi connectivity index (χ0) is 19.7. The first-order chi connectivity index (χ1) is 13.5. The molecule has 3 aromatic rings. The number of hydrogen-bond acceptors (Lipinski definition) is 6. The molecule has 0 bridgehead atoms. The largest absolute Gasteiger partial charge is 0.368 e. The zero-order valence-electron chi connectivity index (χ0n) is 15.4. The van der Waals surface area contributed by atoms with Gasteiger partial charge in [-0.15, -0.1) is 0 Å². The second-order valence-corrected chi connectivity index (χ2v) is 6.74. The summed E-state index contributed by atoms with van der Waals surface area (Å²) >= 11 is 0. The highest BCUT2D eigenvalue weighted by molar-refractivity contribution is 5.94. The molecule has 1 unspecified atom stereocenters. The molecule has 1 aromatic carbocycles. The van der Waals surface area contributed by atoms with Crippen molar-refractivity contribution >= 4 is 11.8 Å². The van der Waals surface area contributed by atoms with E-state index in [4.69, 9.17) is 10.3 Å². The summed E-state index contributed by atoms with van der Waals surface area (Å²) in [6.07, 6.45) is 5.31. The third-order valence-corrected chi connectivity index (χ3v) is 4.77. The van der Waals surface area contributed by atoms with Crippen LogP contribution in [-0.2, 0) is 24.2 Å². The van der Waals surface area contributed by atoms with Crippen molar-refractivity contribution in [3.63, 3.8) is 0 Å². The van der Waals surface area contributed by atoms with Crippen LogP contribution < -0.4 is 11.1 Å². The zero-order valence-corrected chi connectivity index (χ0v) is 15.4. The van der Waals surface area contributed by atoms with Crippen molar-refractivity contribution in [3.8, 4) is 11.4 Å². The van der Waals surface area contributed by atoms with Gasteiger partial charge in [0.25, 0.3) is 5.91 Å². The number of nitrogens with zero attached hydrogens (tertiary/aromatic N) is 4. The van der Waals surface area contributed by atoms with Gasteiger partial charge < -0.3 is 15.6 Å². The van der Waals surface area contributed by atoms with Gasteiger partial charge >= 0.3 is 0 Å². The molecule has 28 heavy (non-hydrogen) atoms. The first-order valence-electron chi connectivity index (χ1n) is 9.11. The SMILES string of the molecule is CCc1nc(-c2ccc3c(c2)CCC3NC(=O)c2cnn(CC(N)=O)c2)no1. The van der Waals surface area contributed by atoms with Crippen molar-refractivity contribution in [2.45, 2.75) is 38.8 Å². The van der Waals surface area contributed by atoms with Crippen molar-refractivity contribution in [3.05, 3.63) is 53.2 Å². The highest BCUT2D eigenvalue weighted by Crippen LogP contribution is 2.33. The van der Waals surface area contributed by atoms with Crippen molar-refractivity contribution in [2.24, 2.45) is 5.73 Å². The maximum atomic E-state index is 12.5. The Morgan fingerprint density at radius 2 is 2.25 bits per heavy atom. The van der Waals surface area contributed by atoms with E-state index in [1.807, 2.05) is 19.1 Å². The lowest BCUT2D eigenvalue weighted by atomic mass is 10.0. The average Bonchev–Trinajstić information content (AvgIpc) is 3.40. The van der Waals surface area contributed by atoms with Crippen molar-refractivity contribution in [2.75, 3.05) is 0 Å². The molecule has 2 amide bonds. The molecule has 1 aliphatic carbocycles. The van der Waals surface area contributed by atoms with Gasteiger partial charge in [0.15, 0.2) is 0 Å². The molecule has 0 spiro atoms. The number of aryl methyl sites for hydroxylation is 2. The van der Waals surface area contributed by atoms with Crippen LogP contribution in [0.5, 0.6) is 0 Å². The fourth-order valence-electron chi connectivity index (χ4n) is 3.39. The second kappa shape index (κ2) is 7.26. The minimum atomic E-state index is -0.511. The second-order valence-electron chi connectivity index (χ2n) is 6.74. The molecule has 2 heterocycles. The molecule has 1 atom stereocenters. The van der Waals surface area contributed by atoms with E-state index in [0.717, 1.165) is 29.5 Å². The lowest BCUT2D eigenvalue weighted by Crippen LogP contribution is -2.27. The lowest BCUT2D eigenvalue weighted by Gasteiger charge is -2.13. The maximum Gasteiger partial charge on any atom is 0.254 e. The molecular weight excluding hydrogens is 360 g/mol. The predicted octanol–water partition coefficient (Wildman–Crippen LogP) is 1.40. The highest BCUT2D eigenvalue weighted by Gasteiger charge is 2.25. The molecule has 0 fully saturated rings. The fourth-order valence-corrected chi connectivity index (χ4v) is 3.39. The molecule has 144 valence electrons. The van der Waals surface area contributed by atoms with Crippen molar-refractivity contribution in [1.82, 2.24) is 25.2 Å². The molecule has 9 heteroatoms. The number of carbonyl (C=O) groups excluding carboxylic acids is 2. The molecular formula is C19H20N6O3. The summed E-state index contributed by atoms with van der Waals surface area (Å²) < 4.78 is 6.53. The predicted molar refractivity (Wildman–Crippen MR) is 99.1 cm³/mol. The molecule has 1 aliphatic rings. The van der Waals surface area contributed by atoms with E-state index in [-0.39, 0.29) is 18.5 Å². The molecule has 2 aromatic heterocycles. The van der Waals surface area contributed by atoms with Gasteiger partial charge in [-0.1, -0.05) is 24.2 Å². The van der Waals surface area contributed by atoms with E-state index in [2.05, 4.69) is 26.6 Å². The minimum absolute atomic E-state index is 0.0574. The number of hydrogen-bond donors (Lipinski definition) is 2. The quantitative estimate of drug-likeness (QED) is 0.665. The Bertz CT molecular complexity index is 1040. The van der Waals surface area contributed by atoms with Gasteiger partial charge in [-0.25, -0.2) is 0 Å². The van der Waals surface area contributed by atoms with Crippen LogP contribution in [0.25, 0.3) is 11.4 Å². The number of aromatic nitrogens is 4. The summed E-state index contributed by atoms with van der Waals surface area (Å²) in [5, 5.41) is 11.0. The highest BCUT2D eigenvalue weighted by atomic mass is 16.5. The van der Waals surface area contributed by atoms with Crippen LogP contribution in [-0.4, -0.2) is 31.7 Å². The number of nitrogens with one attached hydrogen (secondary N) is 1. The number of benzene rings is 1. The summed E-state index contributed by atoms with van der Waals surface area (Å²) in [6, 6.07) is 5.92. The van der Waals surface area contributed by atoms with Gasteiger partial charge in [-0.3, -0.25) is 14.3 Å². The van der Waals surface area contributed by atoms with Crippen LogP contribution in [0.1, 0.15) is 46.8 Å². The maximum absolute atomic E-state index is 12.5. The van der Waals surface area contributed by atoms with E-state index >= 15 is 0 Å². The van der Waals surface area contributed by atoms with E-state index in [1.54, 1.807) is 0 Å². The van der Waals surface area contributed by atoms with E-state index in [1.165, 1.54) is 17.1 Å². The lowest BCUT2D eigenvalue weighted by molar-refractivity contribution is -0.118. The van der Waals surface area contributed by atoms with Crippen LogP contribution in [0.15, 0.2) is 35.1 Å². The van der Waals surface area contributed by atoms with E-state index in [9.17, 15) is 9.59 Å². The van der Waals surface area contributed by atoms with Crippen LogP contribution >= 0.6 is 0 Å². The van der Waals surface area contributed by atoms with Gasteiger partial charge in [0.2, 0.25) is 17.6 Å². The summed E-state index contributed by atoms with van der Waals surface area (Å²) in [4.78, 5) is 27.8. The third-order valence-electron chi connectivity index (χ3n) is 4.77. The topological polar surface area (TPSA) is 129 Å². The Morgan fingerprint density at radius 3 is 3.00 bits per heavy atom. The Kier molecular flexibility index (Phi) is 4.64. The van der Waals surface area contributed by atoms with Crippen molar-refractivity contribution < 1.29 is 14.1 Å². The normalized spacial score (nSPS) is 15.4. The van der Waals surface area contributed by atoms with Gasteiger partial charge in [0.05, 0.1) is 17.8 Å². The number of fused-ring (bicyclic) bond motifs is 1. The number of primary amides is 1. The van der Waals surface area contributed by atoms with Crippen molar-refractivity contribution in [1.29, 1.82) is 0 Å². The third kappa shape index (κ3) is 3.51. The summed E-state index contributed by atoms with van der Waals surface area (Å²) in [5.74, 6) is 0.443. The first-order valence-corrected chi connectivity index (χ1v) is 9.11. The van der Waals surface area contributed by atoms with Crippen LogP contribution in [0, 0.1) is 0 Å². The number of rotatable bonds is 6. The number of nitrogens with two attached hydrogens (primary N) is 1. The summed E-state index contributed by atoms with van der Waals surface area (Å²) in [6.45, 7) is 1.91. The monoisotopic (exact) mass is 380 g/mol. The Balaban J connectivity index is 1.48. The summed E-state index contributed by atoms with van der Waals surface area (Å²) in [5.41, 5.74) is 8.69. The first kappa shape index (κ1) is 17.9.